The highest BCUT2D eigenvalue weighted by Crippen LogP contribution is 2.58. The van der Waals surface area contributed by atoms with Gasteiger partial charge in [0.2, 0.25) is 0 Å². The molecule has 0 aromatic carbocycles. The van der Waals surface area contributed by atoms with Crippen LogP contribution in [0.4, 0.5) is 0 Å². The molecule has 0 heterocycles. The Morgan fingerprint density at radius 2 is 2.25 bits per heavy atom. The molecular weight excluding hydrogens is 196 g/mol. The quantitative estimate of drug-likeness (QED) is 0.752. The van der Waals surface area contributed by atoms with Crippen molar-refractivity contribution in [2.24, 2.45) is 16.7 Å². The first-order chi connectivity index (χ1) is 7.57. The molecule has 1 fully saturated rings. The largest absolute Gasteiger partial charge is 0.395 e. The molecule has 2 aliphatic rings. The Bertz CT molecular complexity index is 313. The lowest BCUT2D eigenvalue weighted by Gasteiger charge is -2.54. The third-order valence-electron chi connectivity index (χ3n) is 4.95. The molecule has 1 heteroatoms. The van der Waals surface area contributed by atoms with Gasteiger partial charge < -0.3 is 5.11 Å². The van der Waals surface area contributed by atoms with E-state index in [0.29, 0.717) is 17.9 Å². The van der Waals surface area contributed by atoms with Crippen LogP contribution in [-0.2, 0) is 0 Å². The summed E-state index contributed by atoms with van der Waals surface area (Å²) >= 11 is 0. The molecule has 2 aliphatic carbocycles. The van der Waals surface area contributed by atoms with Gasteiger partial charge in [-0.3, -0.25) is 0 Å². The van der Waals surface area contributed by atoms with Crippen molar-refractivity contribution in [2.45, 2.75) is 46.0 Å². The summed E-state index contributed by atoms with van der Waals surface area (Å²) in [5.74, 6) is 0.622. The number of hydrogen-bond donors (Lipinski definition) is 1. The Morgan fingerprint density at radius 3 is 2.88 bits per heavy atom. The van der Waals surface area contributed by atoms with E-state index in [9.17, 15) is 5.11 Å². The molecule has 0 saturated heterocycles. The van der Waals surface area contributed by atoms with Gasteiger partial charge in [-0.1, -0.05) is 39.0 Å². The number of aliphatic hydroxyl groups is 1. The van der Waals surface area contributed by atoms with E-state index in [1.807, 2.05) is 6.08 Å². The standard InChI is InChI=1S/C15H24O/c1-4-12-7-5-8-13-14(2,3)9-6-10-15(12,13)11-16/h4,7,13,16H,1,5-6,8-11H2,2-3H3/t13-,15-/m1/s1. The molecule has 0 bridgehead atoms. The second kappa shape index (κ2) is 4.03. The number of aliphatic hydroxyl groups excluding tert-OH is 1. The number of allylic oxidation sites excluding steroid dienone is 2. The molecule has 90 valence electrons. The molecule has 0 aliphatic heterocycles. The topological polar surface area (TPSA) is 20.2 Å². The van der Waals surface area contributed by atoms with Gasteiger partial charge in [-0.15, -0.1) is 0 Å². The lowest BCUT2D eigenvalue weighted by Crippen LogP contribution is -2.48. The van der Waals surface area contributed by atoms with Gasteiger partial charge >= 0.3 is 0 Å². The molecule has 0 aromatic rings. The zero-order chi connectivity index (χ0) is 11.8. The van der Waals surface area contributed by atoms with Gasteiger partial charge in [-0.25, -0.2) is 0 Å². The van der Waals surface area contributed by atoms with Crippen molar-refractivity contribution in [2.75, 3.05) is 6.61 Å². The highest BCUT2D eigenvalue weighted by atomic mass is 16.3. The van der Waals surface area contributed by atoms with Gasteiger partial charge in [-0.2, -0.15) is 0 Å². The molecule has 16 heavy (non-hydrogen) atoms. The van der Waals surface area contributed by atoms with Crippen molar-refractivity contribution >= 4 is 0 Å². The molecule has 0 amide bonds. The summed E-state index contributed by atoms with van der Waals surface area (Å²) in [4.78, 5) is 0. The van der Waals surface area contributed by atoms with Crippen LogP contribution in [0.25, 0.3) is 0 Å². The summed E-state index contributed by atoms with van der Waals surface area (Å²) < 4.78 is 0. The molecule has 2 atom stereocenters. The summed E-state index contributed by atoms with van der Waals surface area (Å²) in [5.41, 5.74) is 1.68. The second-order valence-corrected chi connectivity index (χ2v) is 6.15. The van der Waals surface area contributed by atoms with Crippen molar-refractivity contribution in [3.63, 3.8) is 0 Å². The van der Waals surface area contributed by atoms with Crippen molar-refractivity contribution in [3.8, 4) is 0 Å². The third-order valence-corrected chi connectivity index (χ3v) is 4.95. The fourth-order valence-corrected chi connectivity index (χ4v) is 4.14. The Balaban J connectivity index is 2.44. The van der Waals surface area contributed by atoms with Crippen LogP contribution >= 0.6 is 0 Å². The average molecular weight is 220 g/mol. The van der Waals surface area contributed by atoms with E-state index in [1.54, 1.807) is 0 Å². The summed E-state index contributed by atoms with van der Waals surface area (Å²) in [6, 6.07) is 0. The normalized spacial score (nSPS) is 37.4. The van der Waals surface area contributed by atoms with Crippen LogP contribution < -0.4 is 0 Å². The van der Waals surface area contributed by atoms with Crippen LogP contribution in [0.1, 0.15) is 46.0 Å². The summed E-state index contributed by atoms with van der Waals surface area (Å²) in [6.45, 7) is 8.96. The minimum atomic E-state index is 0.0156. The first kappa shape index (κ1) is 11.9. The summed E-state index contributed by atoms with van der Waals surface area (Å²) in [5, 5.41) is 9.92. The molecule has 0 aromatic heterocycles. The highest BCUT2D eigenvalue weighted by molar-refractivity contribution is 5.31. The van der Waals surface area contributed by atoms with Gasteiger partial charge in [0.05, 0.1) is 6.61 Å². The number of fused-ring (bicyclic) bond motifs is 1. The van der Waals surface area contributed by atoms with Crippen molar-refractivity contribution in [1.82, 2.24) is 0 Å². The average Bonchev–Trinajstić information content (AvgIpc) is 2.28. The predicted molar refractivity (Wildman–Crippen MR) is 68.2 cm³/mol. The van der Waals surface area contributed by atoms with Crippen LogP contribution in [0, 0.1) is 16.7 Å². The Hall–Kier alpha value is -0.560. The molecule has 1 saturated carbocycles. The van der Waals surface area contributed by atoms with Crippen molar-refractivity contribution in [1.29, 1.82) is 0 Å². The SMILES string of the molecule is C=CC1=CCC[C@@H]2C(C)(C)CCC[C@@]12CO. The molecule has 0 unspecified atom stereocenters. The van der Waals surface area contributed by atoms with E-state index >= 15 is 0 Å². The minimum absolute atomic E-state index is 0.0156. The van der Waals surface area contributed by atoms with Crippen LogP contribution in [-0.4, -0.2) is 11.7 Å². The molecule has 2 rings (SSSR count). The van der Waals surface area contributed by atoms with Gasteiger partial charge in [0.1, 0.15) is 0 Å². The molecule has 1 N–H and O–H groups in total. The lowest BCUT2D eigenvalue weighted by atomic mass is 9.50. The van der Waals surface area contributed by atoms with Crippen LogP contribution in [0.3, 0.4) is 0 Å². The van der Waals surface area contributed by atoms with E-state index < -0.39 is 0 Å². The van der Waals surface area contributed by atoms with Gasteiger partial charge in [0, 0.05) is 5.41 Å². The fourth-order valence-electron chi connectivity index (χ4n) is 4.14. The van der Waals surface area contributed by atoms with Crippen molar-refractivity contribution < 1.29 is 5.11 Å². The van der Waals surface area contributed by atoms with Gasteiger partial charge in [0.15, 0.2) is 0 Å². The Labute approximate surface area is 99.3 Å². The molecule has 1 nitrogen and oxygen atoms in total. The van der Waals surface area contributed by atoms with E-state index in [0.717, 1.165) is 12.8 Å². The lowest BCUT2D eigenvalue weighted by molar-refractivity contribution is -0.0306. The maximum atomic E-state index is 9.92. The predicted octanol–water partition coefficient (Wildman–Crippen LogP) is 3.70. The van der Waals surface area contributed by atoms with E-state index in [-0.39, 0.29) is 5.41 Å². The fraction of sp³-hybridized carbons (Fsp3) is 0.733. The molecular formula is C15H24O. The molecule has 0 spiro atoms. The smallest absolute Gasteiger partial charge is 0.0530 e. The second-order valence-electron chi connectivity index (χ2n) is 6.15. The zero-order valence-electron chi connectivity index (χ0n) is 10.6. The first-order valence-electron chi connectivity index (χ1n) is 6.51. The number of rotatable bonds is 2. The van der Waals surface area contributed by atoms with Gasteiger partial charge in [0.25, 0.3) is 0 Å². The Morgan fingerprint density at radius 1 is 1.50 bits per heavy atom. The van der Waals surface area contributed by atoms with E-state index in [2.05, 4.69) is 26.5 Å². The van der Waals surface area contributed by atoms with Crippen LogP contribution in [0.2, 0.25) is 0 Å². The first-order valence-corrected chi connectivity index (χ1v) is 6.51. The summed E-state index contributed by atoms with van der Waals surface area (Å²) in [6.07, 6.45) is 10.3. The van der Waals surface area contributed by atoms with E-state index in [4.69, 9.17) is 0 Å². The van der Waals surface area contributed by atoms with Crippen molar-refractivity contribution in [3.05, 3.63) is 24.3 Å². The minimum Gasteiger partial charge on any atom is -0.395 e. The summed E-state index contributed by atoms with van der Waals surface area (Å²) in [7, 11) is 0. The maximum absolute atomic E-state index is 9.92. The van der Waals surface area contributed by atoms with Crippen LogP contribution in [0.5, 0.6) is 0 Å². The van der Waals surface area contributed by atoms with Crippen LogP contribution in [0.15, 0.2) is 24.3 Å². The monoisotopic (exact) mass is 220 g/mol. The zero-order valence-corrected chi connectivity index (χ0v) is 10.6. The highest BCUT2D eigenvalue weighted by Gasteiger charge is 2.50. The molecule has 0 radical (unpaired) electrons. The number of hydrogen-bond acceptors (Lipinski definition) is 1. The Kier molecular flexibility index (Phi) is 3.00. The third kappa shape index (κ3) is 1.57. The maximum Gasteiger partial charge on any atom is 0.0530 e. The van der Waals surface area contributed by atoms with E-state index in [1.165, 1.54) is 24.8 Å². The van der Waals surface area contributed by atoms with Gasteiger partial charge in [-0.05, 0) is 42.6 Å².